The summed E-state index contributed by atoms with van der Waals surface area (Å²) in [5.74, 6) is 0. The zero-order valence-electron chi connectivity index (χ0n) is 13.1. The molecule has 112 valence electrons. The van der Waals surface area contributed by atoms with Crippen molar-refractivity contribution in [3.05, 3.63) is 29.8 Å². The number of nitrogens with zero attached hydrogens (tertiary/aromatic N) is 1. The standard InChI is InChI=1S/C17H28N2O/c1-4-18-12-17(10-11-20-14-17)13-19(5-2)16-8-6-15(3)7-9-16/h6-9,18H,4-5,10-14H2,1-3H3. The number of nitrogens with one attached hydrogen (secondary N) is 1. The molecule has 1 atom stereocenters. The van der Waals surface area contributed by atoms with Crippen molar-refractivity contribution in [1.82, 2.24) is 5.32 Å². The maximum atomic E-state index is 5.69. The van der Waals surface area contributed by atoms with Crippen LogP contribution in [0.3, 0.4) is 0 Å². The average molecular weight is 276 g/mol. The van der Waals surface area contributed by atoms with Gasteiger partial charge in [0, 0.05) is 37.3 Å². The lowest BCUT2D eigenvalue weighted by Crippen LogP contribution is -2.45. The third-order valence-corrected chi connectivity index (χ3v) is 4.24. The molecule has 1 N–H and O–H groups in total. The average Bonchev–Trinajstić information content (AvgIpc) is 2.93. The van der Waals surface area contributed by atoms with Crippen LogP contribution in [-0.2, 0) is 4.74 Å². The topological polar surface area (TPSA) is 24.5 Å². The molecule has 0 aromatic heterocycles. The monoisotopic (exact) mass is 276 g/mol. The maximum Gasteiger partial charge on any atom is 0.0552 e. The smallest absolute Gasteiger partial charge is 0.0552 e. The Morgan fingerprint density at radius 2 is 2.00 bits per heavy atom. The fraction of sp³-hybridized carbons (Fsp3) is 0.647. The highest BCUT2D eigenvalue weighted by Gasteiger charge is 2.36. The summed E-state index contributed by atoms with van der Waals surface area (Å²) in [7, 11) is 0. The van der Waals surface area contributed by atoms with Gasteiger partial charge in [-0.05, 0) is 38.9 Å². The summed E-state index contributed by atoms with van der Waals surface area (Å²) >= 11 is 0. The van der Waals surface area contributed by atoms with E-state index in [2.05, 4.69) is 55.3 Å². The Labute approximate surface area is 123 Å². The Morgan fingerprint density at radius 3 is 2.55 bits per heavy atom. The molecule has 0 saturated carbocycles. The first-order valence-electron chi connectivity index (χ1n) is 7.79. The lowest BCUT2D eigenvalue weighted by atomic mass is 9.86. The summed E-state index contributed by atoms with van der Waals surface area (Å²) in [6.07, 6.45) is 1.16. The van der Waals surface area contributed by atoms with Crippen LogP contribution in [0, 0.1) is 12.3 Å². The number of anilines is 1. The first kappa shape index (κ1) is 15.3. The van der Waals surface area contributed by atoms with Gasteiger partial charge in [0.25, 0.3) is 0 Å². The first-order valence-corrected chi connectivity index (χ1v) is 7.79. The van der Waals surface area contributed by atoms with Crippen LogP contribution in [0.2, 0.25) is 0 Å². The third kappa shape index (κ3) is 3.74. The molecule has 0 bridgehead atoms. The molecule has 3 nitrogen and oxygen atoms in total. The molecule has 1 aliphatic heterocycles. The molecule has 1 unspecified atom stereocenters. The molecule has 1 aromatic rings. The Kier molecular flexibility index (Phi) is 5.44. The zero-order chi connectivity index (χ0) is 14.4. The second-order valence-corrected chi connectivity index (χ2v) is 5.93. The van der Waals surface area contributed by atoms with Gasteiger partial charge in [0.1, 0.15) is 0 Å². The molecular weight excluding hydrogens is 248 g/mol. The number of aryl methyl sites for hydroxylation is 1. The number of hydrogen-bond donors (Lipinski definition) is 1. The maximum absolute atomic E-state index is 5.69. The molecule has 1 fully saturated rings. The molecule has 1 aliphatic rings. The first-order chi connectivity index (χ1) is 9.69. The van der Waals surface area contributed by atoms with Crippen molar-refractivity contribution in [2.24, 2.45) is 5.41 Å². The van der Waals surface area contributed by atoms with Crippen molar-refractivity contribution in [1.29, 1.82) is 0 Å². The normalized spacial score (nSPS) is 22.1. The molecule has 0 amide bonds. The van der Waals surface area contributed by atoms with E-state index in [9.17, 15) is 0 Å². The minimum absolute atomic E-state index is 0.261. The van der Waals surface area contributed by atoms with Gasteiger partial charge in [0.05, 0.1) is 6.61 Å². The molecule has 1 heterocycles. The van der Waals surface area contributed by atoms with E-state index in [-0.39, 0.29) is 5.41 Å². The summed E-state index contributed by atoms with van der Waals surface area (Å²) in [5, 5.41) is 3.51. The van der Waals surface area contributed by atoms with Gasteiger partial charge in [-0.15, -0.1) is 0 Å². The molecule has 1 aromatic carbocycles. The summed E-state index contributed by atoms with van der Waals surface area (Å²) in [6.45, 7) is 12.5. The summed E-state index contributed by atoms with van der Waals surface area (Å²) in [5.41, 5.74) is 2.90. The van der Waals surface area contributed by atoms with E-state index >= 15 is 0 Å². The van der Waals surface area contributed by atoms with Gasteiger partial charge < -0.3 is 15.0 Å². The molecule has 20 heavy (non-hydrogen) atoms. The SMILES string of the molecule is CCNCC1(CN(CC)c2ccc(C)cc2)CCOC1. The van der Waals surface area contributed by atoms with Crippen LogP contribution in [0.15, 0.2) is 24.3 Å². The minimum Gasteiger partial charge on any atom is -0.381 e. The van der Waals surface area contributed by atoms with Crippen LogP contribution >= 0.6 is 0 Å². The molecule has 2 rings (SSSR count). The van der Waals surface area contributed by atoms with Crippen molar-refractivity contribution >= 4 is 5.69 Å². The Hall–Kier alpha value is -1.06. The fourth-order valence-corrected chi connectivity index (χ4v) is 2.91. The van der Waals surface area contributed by atoms with Crippen LogP contribution < -0.4 is 10.2 Å². The van der Waals surface area contributed by atoms with Gasteiger partial charge >= 0.3 is 0 Å². The minimum atomic E-state index is 0.261. The van der Waals surface area contributed by atoms with Crippen LogP contribution in [-0.4, -0.2) is 39.4 Å². The molecular formula is C17H28N2O. The zero-order valence-corrected chi connectivity index (χ0v) is 13.1. The Balaban J connectivity index is 2.08. The predicted molar refractivity (Wildman–Crippen MR) is 85.5 cm³/mol. The fourth-order valence-electron chi connectivity index (χ4n) is 2.91. The van der Waals surface area contributed by atoms with E-state index in [1.165, 1.54) is 11.3 Å². The second-order valence-electron chi connectivity index (χ2n) is 5.93. The highest BCUT2D eigenvalue weighted by Crippen LogP contribution is 2.31. The van der Waals surface area contributed by atoms with E-state index in [1.807, 2.05) is 0 Å². The van der Waals surface area contributed by atoms with Crippen LogP contribution in [0.5, 0.6) is 0 Å². The van der Waals surface area contributed by atoms with E-state index in [1.54, 1.807) is 0 Å². The summed E-state index contributed by atoms with van der Waals surface area (Å²) < 4.78 is 5.69. The lowest BCUT2D eigenvalue weighted by Gasteiger charge is -2.35. The largest absolute Gasteiger partial charge is 0.381 e. The Morgan fingerprint density at radius 1 is 1.25 bits per heavy atom. The molecule has 1 saturated heterocycles. The molecule has 0 aliphatic carbocycles. The van der Waals surface area contributed by atoms with Crippen LogP contribution in [0.1, 0.15) is 25.8 Å². The molecule has 0 radical (unpaired) electrons. The van der Waals surface area contributed by atoms with Gasteiger partial charge in [0.2, 0.25) is 0 Å². The van der Waals surface area contributed by atoms with Crippen LogP contribution in [0.25, 0.3) is 0 Å². The third-order valence-electron chi connectivity index (χ3n) is 4.24. The van der Waals surface area contributed by atoms with Crippen molar-refractivity contribution in [3.8, 4) is 0 Å². The van der Waals surface area contributed by atoms with Crippen molar-refractivity contribution in [3.63, 3.8) is 0 Å². The highest BCUT2D eigenvalue weighted by atomic mass is 16.5. The summed E-state index contributed by atoms with van der Waals surface area (Å²) in [6, 6.07) is 8.85. The van der Waals surface area contributed by atoms with Gasteiger partial charge in [-0.2, -0.15) is 0 Å². The highest BCUT2D eigenvalue weighted by molar-refractivity contribution is 5.47. The van der Waals surface area contributed by atoms with Crippen molar-refractivity contribution in [2.45, 2.75) is 27.2 Å². The van der Waals surface area contributed by atoms with E-state index in [4.69, 9.17) is 4.74 Å². The second kappa shape index (κ2) is 7.09. The number of benzene rings is 1. The summed E-state index contributed by atoms with van der Waals surface area (Å²) in [4.78, 5) is 2.48. The quantitative estimate of drug-likeness (QED) is 0.829. The van der Waals surface area contributed by atoms with Gasteiger partial charge in [-0.3, -0.25) is 0 Å². The van der Waals surface area contributed by atoms with E-state index in [0.29, 0.717) is 0 Å². The van der Waals surface area contributed by atoms with Gasteiger partial charge in [-0.1, -0.05) is 24.6 Å². The number of ether oxygens (including phenoxy) is 1. The van der Waals surface area contributed by atoms with Crippen LogP contribution in [0.4, 0.5) is 5.69 Å². The van der Waals surface area contributed by atoms with E-state index < -0.39 is 0 Å². The number of hydrogen-bond acceptors (Lipinski definition) is 3. The molecule has 3 heteroatoms. The lowest BCUT2D eigenvalue weighted by molar-refractivity contribution is 0.152. The Bertz CT molecular complexity index is 396. The predicted octanol–water partition coefficient (Wildman–Crippen LogP) is 2.84. The van der Waals surface area contributed by atoms with Gasteiger partial charge in [0.15, 0.2) is 0 Å². The number of rotatable bonds is 7. The molecule has 0 spiro atoms. The van der Waals surface area contributed by atoms with Crippen molar-refractivity contribution < 1.29 is 4.74 Å². The van der Waals surface area contributed by atoms with Gasteiger partial charge in [-0.25, -0.2) is 0 Å². The van der Waals surface area contributed by atoms with Crippen molar-refractivity contribution in [2.75, 3.05) is 44.3 Å². The van der Waals surface area contributed by atoms with E-state index in [0.717, 1.165) is 45.8 Å².